The lowest BCUT2D eigenvalue weighted by Crippen LogP contribution is -1.97. The Morgan fingerprint density at radius 2 is 2.06 bits per heavy atom. The van der Waals surface area contributed by atoms with Crippen LogP contribution in [0.3, 0.4) is 0 Å². The standard InChI is InChI=1S/C13H16N2O3/c1-16-8-7-11-12(13(14)15-18-11)9-5-3-4-6-10(9)17-2/h3-6H,7-8H2,1-2H3,(H2,14,15). The topological polar surface area (TPSA) is 70.5 Å². The largest absolute Gasteiger partial charge is 0.496 e. The highest BCUT2D eigenvalue weighted by Gasteiger charge is 2.18. The van der Waals surface area contributed by atoms with Crippen molar-refractivity contribution >= 4 is 5.82 Å². The second-order valence-electron chi connectivity index (χ2n) is 3.81. The van der Waals surface area contributed by atoms with Crippen LogP contribution in [0.15, 0.2) is 28.8 Å². The monoisotopic (exact) mass is 248 g/mol. The van der Waals surface area contributed by atoms with E-state index in [-0.39, 0.29) is 0 Å². The third kappa shape index (κ3) is 2.31. The van der Waals surface area contributed by atoms with Crippen LogP contribution < -0.4 is 10.5 Å². The zero-order valence-electron chi connectivity index (χ0n) is 10.5. The number of nitrogens with two attached hydrogens (primary N) is 1. The maximum atomic E-state index is 5.87. The van der Waals surface area contributed by atoms with Gasteiger partial charge in [0, 0.05) is 19.1 Å². The van der Waals surface area contributed by atoms with Gasteiger partial charge in [0.1, 0.15) is 11.5 Å². The molecule has 5 nitrogen and oxygen atoms in total. The molecule has 1 aromatic heterocycles. The van der Waals surface area contributed by atoms with Crippen molar-refractivity contribution in [2.75, 3.05) is 26.6 Å². The van der Waals surface area contributed by atoms with Crippen LogP contribution in [0, 0.1) is 0 Å². The number of benzene rings is 1. The predicted molar refractivity (Wildman–Crippen MR) is 68.5 cm³/mol. The van der Waals surface area contributed by atoms with Gasteiger partial charge in [0.05, 0.1) is 19.3 Å². The molecule has 96 valence electrons. The Bertz CT molecular complexity index is 523. The number of methoxy groups -OCH3 is 2. The summed E-state index contributed by atoms with van der Waals surface area (Å²) in [7, 11) is 3.26. The Labute approximate surface area is 105 Å². The fraction of sp³-hybridized carbons (Fsp3) is 0.308. The first-order valence-corrected chi connectivity index (χ1v) is 5.64. The third-order valence-electron chi connectivity index (χ3n) is 2.70. The van der Waals surface area contributed by atoms with Gasteiger partial charge in [0.25, 0.3) is 0 Å². The molecule has 0 saturated heterocycles. The molecule has 2 aromatic rings. The number of rotatable bonds is 5. The van der Waals surface area contributed by atoms with Gasteiger partial charge < -0.3 is 19.7 Å². The first-order valence-electron chi connectivity index (χ1n) is 5.64. The Hall–Kier alpha value is -2.01. The van der Waals surface area contributed by atoms with Crippen molar-refractivity contribution in [3.05, 3.63) is 30.0 Å². The zero-order chi connectivity index (χ0) is 13.0. The molecule has 0 saturated carbocycles. The molecule has 18 heavy (non-hydrogen) atoms. The van der Waals surface area contributed by atoms with Gasteiger partial charge in [-0.1, -0.05) is 23.4 Å². The summed E-state index contributed by atoms with van der Waals surface area (Å²) in [6.07, 6.45) is 0.619. The number of para-hydroxylation sites is 1. The molecule has 0 aliphatic rings. The second-order valence-corrected chi connectivity index (χ2v) is 3.81. The number of aromatic nitrogens is 1. The molecule has 2 N–H and O–H groups in total. The van der Waals surface area contributed by atoms with Crippen LogP contribution in [-0.2, 0) is 11.2 Å². The maximum absolute atomic E-state index is 5.87. The van der Waals surface area contributed by atoms with Crippen LogP contribution in [0.2, 0.25) is 0 Å². The summed E-state index contributed by atoms with van der Waals surface area (Å²) < 4.78 is 15.6. The van der Waals surface area contributed by atoms with E-state index in [2.05, 4.69) is 5.16 Å². The van der Waals surface area contributed by atoms with Crippen LogP contribution in [0.4, 0.5) is 5.82 Å². The summed E-state index contributed by atoms with van der Waals surface area (Å²) in [5.41, 5.74) is 7.53. The van der Waals surface area contributed by atoms with Crippen molar-refractivity contribution in [3.63, 3.8) is 0 Å². The quantitative estimate of drug-likeness (QED) is 0.877. The van der Waals surface area contributed by atoms with E-state index >= 15 is 0 Å². The van der Waals surface area contributed by atoms with Crippen molar-refractivity contribution < 1.29 is 14.0 Å². The van der Waals surface area contributed by atoms with E-state index in [0.717, 1.165) is 16.9 Å². The molecule has 0 radical (unpaired) electrons. The average molecular weight is 248 g/mol. The van der Waals surface area contributed by atoms with Crippen molar-refractivity contribution in [1.82, 2.24) is 5.16 Å². The van der Waals surface area contributed by atoms with E-state index in [1.807, 2.05) is 24.3 Å². The Balaban J connectivity index is 2.45. The van der Waals surface area contributed by atoms with E-state index in [0.29, 0.717) is 24.6 Å². The number of ether oxygens (including phenoxy) is 2. The van der Waals surface area contributed by atoms with Crippen LogP contribution in [-0.4, -0.2) is 26.0 Å². The first-order chi connectivity index (χ1) is 8.77. The molecule has 0 bridgehead atoms. The summed E-state index contributed by atoms with van der Waals surface area (Å²) in [5.74, 6) is 1.82. The molecular formula is C13H16N2O3. The summed E-state index contributed by atoms with van der Waals surface area (Å²) in [6, 6.07) is 7.63. The molecule has 0 atom stereocenters. The number of hydrogen-bond donors (Lipinski definition) is 1. The van der Waals surface area contributed by atoms with Gasteiger partial charge in [-0.15, -0.1) is 0 Å². The normalized spacial score (nSPS) is 10.6. The Morgan fingerprint density at radius 3 is 2.78 bits per heavy atom. The highest BCUT2D eigenvalue weighted by molar-refractivity contribution is 5.79. The molecule has 5 heteroatoms. The fourth-order valence-corrected chi connectivity index (χ4v) is 1.84. The molecule has 0 amide bonds. The first kappa shape index (κ1) is 12.4. The van der Waals surface area contributed by atoms with Crippen molar-refractivity contribution in [3.8, 4) is 16.9 Å². The highest BCUT2D eigenvalue weighted by atomic mass is 16.5. The van der Waals surface area contributed by atoms with Crippen LogP contribution in [0.1, 0.15) is 5.76 Å². The van der Waals surface area contributed by atoms with E-state index in [1.165, 1.54) is 0 Å². The fourth-order valence-electron chi connectivity index (χ4n) is 1.84. The van der Waals surface area contributed by atoms with Gasteiger partial charge in [-0.2, -0.15) is 0 Å². The molecule has 2 rings (SSSR count). The van der Waals surface area contributed by atoms with Crippen molar-refractivity contribution in [2.24, 2.45) is 0 Å². The van der Waals surface area contributed by atoms with E-state index in [4.69, 9.17) is 19.7 Å². The van der Waals surface area contributed by atoms with Gasteiger partial charge >= 0.3 is 0 Å². The molecule has 1 aromatic carbocycles. The lowest BCUT2D eigenvalue weighted by atomic mass is 10.0. The van der Waals surface area contributed by atoms with E-state index in [9.17, 15) is 0 Å². The Morgan fingerprint density at radius 1 is 1.28 bits per heavy atom. The van der Waals surface area contributed by atoms with Crippen LogP contribution in [0.25, 0.3) is 11.1 Å². The third-order valence-corrected chi connectivity index (χ3v) is 2.70. The minimum Gasteiger partial charge on any atom is -0.496 e. The van der Waals surface area contributed by atoms with Crippen molar-refractivity contribution in [2.45, 2.75) is 6.42 Å². The number of hydrogen-bond acceptors (Lipinski definition) is 5. The van der Waals surface area contributed by atoms with Gasteiger partial charge in [0.15, 0.2) is 5.82 Å². The second kappa shape index (κ2) is 5.55. The molecule has 0 aliphatic heterocycles. The molecular weight excluding hydrogens is 232 g/mol. The summed E-state index contributed by atoms with van der Waals surface area (Å²) in [6.45, 7) is 0.552. The molecule has 0 fully saturated rings. The van der Waals surface area contributed by atoms with Gasteiger partial charge in [-0.3, -0.25) is 0 Å². The van der Waals surface area contributed by atoms with E-state index in [1.54, 1.807) is 14.2 Å². The minimum absolute atomic E-state index is 0.366. The lowest BCUT2D eigenvalue weighted by molar-refractivity contribution is 0.193. The van der Waals surface area contributed by atoms with Crippen LogP contribution in [0.5, 0.6) is 5.75 Å². The number of nitrogen functional groups attached to an aromatic ring is 1. The van der Waals surface area contributed by atoms with Crippen molar-refractivity contribution in [1.29, 1.82) is 0 Å². The van der Waals surface area contributed by atoms with Gasteiger partial charge in [0.2, 0.25) is 0 Å². The summed E-state index contributed by atoms with van der Waals surface area (Å²) in [4.78, 5) is 0. The summed E-state index contributed by atoms with van der Waals surface area (Å²) in [5, 5.41) is 3.81. The Kier molecular flexibility index (Phi) is 3.84. The number of nitrogens with zero attached hydrogens (tertiary/aromatic N) is 1. The predicted octanol–water partition coefficient (Wildman–Crippen LogP) is 2.12. The lowest BCUT2D eigenvalue weighted by Gasteiger charge is -2.08. The SMILES string of the molecule is COCCc1onc(N)c1-c1ccccc1OC. The van der Waals surface area contributed by atoms with Gasteiger partial charge in [-0.25, -0.2) is 0 Å². The molecule has 0 aliphatic carbocycles. The minimum atomic E-state index is 0.366. The van der Waals surface area contributed by atoms with Crippen LogP contribution >= 0.6 is 0 Å². The molecule has 1 heterocycles. The smallest absolute Gasteiger partial charge is 0.175 e. The highest BCUT2D eigenvalue weighted by Crippen LogP contribution is 2.36. The van der Waals surface area contributed by atoms with Gasteiger partial charge in [-0.05, 0) is 6.07 Å². The van der Waals surface area contributed by atoms with E-state index < -0.39 is 0 Å². The molecule has 0 unspecified atom stereocenters. The maximum Gasteiger partial charge on any atom is 0.175 e. The average Bonchev–Trinajstić information content (AvgIpc) is 2.77. The zero-order valence-corrected chi connectivity index (χ0v) is 10.5. The summed E-state index contributed by atoms with van der Waals surface area (Å²) >= 11 is 0. The molecule has 0 spiro atoms. The number of anilines is 1.